The summed E-state index contributed by atoms with van der Waals surface area (Å²) in [5.41, 5.74) is 0.465. The maximum absolute atomic E-state index is 12.3. The van der Waals surface area contributed by atoms with Crippen LogP contribution in [0, 0.1) is 13.8 Å². The Balaban J connectivity index is 2.26. The van der Waals surface area contributed by atoms with Gasteiger partial charge >= 0.3 is 5.97 Å². The number of esters is 1. The van der Waals surface area contributed by atoms with Crippen LogP contribution in [-0.2, 0) is 9.53 Å². The molecule has 7 heteroatoms. The third-order valence-electron chi connectivity index (χ3n) is 3.11. The normalized spacial score (nSPS) is 22.6. The van der Waals surface area contributed by atoms with Crippen LogP contribution in [0.1, 0.15) is 28.6 Å². The third-order valence-corrected chi connectivity index (χ3v) is 3.11. The molecule has 0 spiro atoms. The number of methoxy groups -OCH3 is 1. The van der Waals surface area contributed by atoms with Crippen molar-refractivity contribution in [3.63, 3.8) is 0 Å². The number of carbonyl (C=O) groups excluding carboxylic acids is 2. The number of β-amino-alcohol motifs (C(OH)–C–C–N with tert-alkyl or cyclic N) is 1. The molecule has 2 heterocycles. The van der Waals surface area contributed by atoms with Crippen LogP contribution in [0.5, 0.6) is 0 Å². The molecule has 1 N–H and O–H groups in total. The van der Waals surface area contributed by atoms with Crippen LogP contribution < -0.4 is 0 Å². The molecule has 1 aliphatic rings. The summed E-state index contributed by atoms with van der Waals surface area (Å²) in [5.74, 6) is -0.514. The van der Waals surface area contributed by atoms with Crippen molar-refractivity contribution in [2.75, 3.05) is 13.7 Å². The van der Waals surface area contributed by atoms with Crippen LogP contribution in [-0.4, -0.2) is 52.7 Å². The van der Waals surface area contributed by atoms with E-state index in [4.69, 9.17) is 4.42 Å². The highest BCUT2D eigenvalue weighted by Crippen LogP contribution is 2.23. The standard InChI is InChI=1S/C12H16N2O5/c1-6-10(19-7(2)13-6)11(16)14-5-8(15)4-9(14)12(17)18-3/h8-9,15H,4-5H2,1-3H3. The molecule has 1 aromatic heterocycles. The molecule has 7 nitrogen and oxygen atoms in total. The number of aliphatic hydroxyl groups is 1. The Hall–Kier alpha value is -1.89. The first kappa shape index (κ1) is 13.5. The zero-order valence-electron chi connectivity index (χ0n) is 11.0. The van der Waals surface area contributed by atoms with E-state index in [0.717, 1.165) is 0 Å². The fourth-order valence-corrected chi connectivity index (χ4v) is 2.26. The molecule has 0 bridgehead atoms. The summed E-state index contributed by atoms with van der Waals surface area (Å²) in [6, 6.07) is -0.780. The predicted molar refractivity (Wildman–Crippen MR) is 63.4 cm³/mol. The third kappa shape index (κ3) is 2.46. The SMILES string of the molecule is COC(=O)C1CC(O)CN1C(=O)c1oc(C)nc1C. The Morgan fingerprint density at radius 3 is 2.68 bits per heavy atom. The number of hydrogen-bond acceptors (Lipinski definition) is 6. The van der Waals surface area contributed by atoms with Crippen molar-refractivity contribution in [1.82, 2.24) is 9.88 Å². The van der Waals surface area contributed by atoms with E-state index in [-0.39, 0.29) is 18.7 Å². The molecule has 104 valence electrons. The minimum absolute atomic E-state index is 0.0811. The van der Waals surface area contributed by atoms with Crippen LogP contribution in [0.25, 0.3) is 0 Å². The molecule has 0 aliphatic carbocycles. The summed E-state index contributed by atoms with van der Waals surface area (Å²) in [7, 11) is 1.25. The van der Waals surface area contributed by atoms with E-state index in [1.807, 2.05) is 0 Å². The molecule has 0 saturated carbocycles. The van der Waals surface area contributed by atoms with Gasteiger partial charge < -0.3 is 19.2 Å². The maximum atomic E-state index is 12.3. The van der Waals surface area contributed by atoms with Crippen molar-refractivity contribution in [2.24, 2.45) is 0 Å². The van der Waals surface area contributed by atoms with Crippen LogP contribution in [0.2, 0.25) is 0 Å². The van der Waals surface area contributed by atoms with Gasteiger partial charge in [0.2, 0.25) is 5.76 Å². The zero-order chi connectivity index (χ0) is 14.2. The number of ether oxygens (including phenoxy) is 1. The number of aryl methyl sites for hydroxylation is 2. The van der Waals surface area contributed by atoms with Crippen molar-refractivity contribution >= 4 is 11.9 Å². The largest absolute Gasteiger partial charge is 0.467 e. The smallest absolute Gasteiger partial charge is 0.328 e. The first-order chi connectivity index (χ1) is 8.93. The van der Waals surface area contributed by atoms with Crippen LogP contribution in [0.4, 0.5) is 0 Å². The van der Waals surface area contributed by atoms with Gasteiger partial charge in [-0.25, -0.2) is 9.78 Å². The Morgan fingerprint density at radius 2 is 2.16 bits per heavy atom. The number of rotatable bonds is 2. The van der Waals surface area contributed by atoms with Crippen molar-refractivity contribution in [2.45, 2.75) is 32.4 Å². The van der Waals surface area contributed by atoms with Gasteiger partial charge in [0.05, 0.1) is 18.9 Å². The highest BCUT2D eigenvalue weighted by molar-refractivity contribution is 5.95. The van der Waals surface area contributed by atoms with E-state index in [1.165, 1.54) is 12.0 Å². The topological polar surface area (TPSA) is 92.9 Å². The Bertz CT molecular complexity index is 510. The number of hydrogen-bond donors (Lipinski definition) is 1. The second-order valence-electron chi connectivity index (χ2n) is 4.53. The first-order valence-electron chi connectivity index (χ1n) is 5.95. The highest BCUT2D eigenvalue weighted by Gasteiger charge is 2.41. The average molecular weight is 268 g/mol. The molecule has 1 fully saturated rings. The predicted octanol–water partition coefficient (Wildman–Crippen LogP) is 0.0398. The molecule has 2 rings (SSSR count). The van der Waals surface area contributed by atoms with E-state index in [1.54, 1.807) is 13.8 Å². The first-order valence-corrected chi connectivity index (χ1v) is 5.95. The Morgan fingerprint density at radius 1 is 1.47 bits per heavy atom. The van der Waals surface area contributed by atoms with Crippen LogP contribution in [0.15, 0.2) is 4.42 Å². The maximum Gasteiger partial charge on any atom is 0.328 e. The molecule has 1 saturated heterocycles. The molecule has 2 atom stereocenters. The fourth-order valence-electron chi connectivity index (χ4n) is 2.26. The van der Waals surface area contributed by atoms with Crippen LogP contribution in [0.3, 0.4) is 0 Å². The number of nitrogens with zero attached hydrogens (tertiary/aromatic N) is 2. The van der Waals surface area contributed by atoms with Gasteiger partial charge in [-0.2, -0.15) is 0 Å². The van der Waals surface area contributed by atoms with Gasteiger partial charge in [-0.3, -0.25) is 4.79 Å². The molecule has 0 radical (unpaired) electrons. The van der Waals surface area contributed by atoms with E-state index in [2.05, 4.69) is 9.72 Å². The number of aromatic nitrogens is 1. The molecule has 1 amide bonds. The summed E-state index contributed by atoms with van der Waals surface area (Å²) in [4.78, 5) is 29.2. The average Bonchev–Trinajstić information content (AvgIpc) is 2.90. The minimum atomic E-state index is -0.780. The molecular weight excluding hydrogens is 252 g/mol. The van der Waals surface area contributed by atoms with Crippen molar-refractivity contribution in [3.8, 4) is 0 Å². The van der Waals surface area contributed by atoms with Gasteiger partial charge in [0.15, 0.2) is 5.89 Å². The summed E-state index contributed by atoms with van der Waals surface area (Å²) in [5, 5.41) is 9.64. The van der Waals surface area contributed by atoms with Gasteiger partial charge in [0.25, 0.3) is 5.91 Å². The number of aliphatic hydroxyl groups excluding tert-OH is 1. The lowest BCUT2D eigenvalue weighted by Crippen LogP contribution is -2.41. The molecular formula is C12H16N2O5. The molecule has 0 aromatic carbocycles. The van der Waals surface area contributed by atoms with E-state index in [9.17, 15) is 14.7 Å². The number of carbonyl (C=O) groups is 2. The lowest BCUT2D eigenvalue weighted by Gasteiger charge is -2.21. The van der Waals surface area contributed by atoms with E-state index in [0.29, 0.717) is 11.6 Å². The summed E-state index contributed by atoms with van der Waals surface area (Å²) in [6.45, 7) is 3.38. The van der Waals surface area contributed by atoms with E-state index >= 15 is 0 Å². The van der Waals surface area contributed by atoms with Crippen LogP contribution >= 0.6 is 0 Å². The molecule has 1 aromatic rings. The molecule has 1 aliphatic heterocycles. The second kappa shape index (κ2) is 5.00. The number of oxazole rings is 1. The lowest BCUT2D eigenvalue weighted by atomic mass is 10.2. The van der Waals surface area contributed by atoms with Gasteiger partial charge in [-0.05, 0) is 6.92 Å². The quantitative estimate of drug-likeness (QED) is 0.761. The Labute approximate surface area is 110 Å². The fraction of sp³-hybridized carbons (Fsp3) is 0.583. The highest BCUT2D eigenvalue weighted by atomic mass is 16.5. The molecule has 19 heavy (non-hydrogen) atoms. The van der Waals surface area contributed by atoms with E-state index < -0.39 is 24.0 Å². The van der Waals surface area contributed by atoms with Gasteiger partial charge in [-0.1, -0.05) is 0 Å². The van der Waals surface area contributed by atoms with Crippen molar-refractivity contribution < 1.29 is 23.8 Å². The monoisotopic (exact) mass is 268 g/mol. The minimum Gasteiger partial charge on any atom is -0.467 e. The summed E-state index contributed by atoms with van der Waals surface area (Å²) in [6.07, 6.45) is -0.567. The number of likely N-dealkylation sites (tertiary alicyclic amines) is 1. The summed E-state index contributed by atoms with van der Waals surface area (Å²) >= 11 is 0. The number of amides is 1. The van der Waals surface area contributed by atoms with Crippen molar-refractivity contribution in [1.29, 1.82) is 0 Å². The summed E-state index contributed by atoms with van der Waals surface area (Å²) < 4.78 is 9.89. The Kier molecular flexibility index (Phi) is 3.57. The van der Waals surface area contributed by atoms with Gasteiger partial charge in [0.1, 0.15) is 6.04 Å². The second-order valence-corrected chi connectivity index (χ2v) is 4.53. The lowest BCUT2D eigenvalue weighted by molar-refractivity contribution is -0.145. The van der Waals surface area contributed by atoms with Crippen molar-refractivity contribution in [3.05, 3.63) is 17.3 Å². The van der Waals surface area contributed by atoms with Gasteiger partial charge in [-0.15, -0.1) is 0 Å². The molecule has 2 unspecified atom stereocenters. The van der Waals surface area contributed by atoms with Gasteiger partial charge in [0, 0.05) is 19.9 Å². The zero-order valence-corrected chi connectivity index (χ0v) is 11.0.